The quantitative estimate of drug-likeness (QED) is 0.633. The highest BCUT2D eigenvalue weighted by Crippen LogP contribution is 2.48. The lowest BCUT2D eigenvalue weighted by atomic mass is 9.73. The minimum absolute atomic E-state index is 0.0915. The van der Waals surface area contributed by atoms with Crippen molar-refractivity contribution in [3.63, 3.8) is 0 Å². The Labute approximate surface area is 197 Å². The Kier molecular flexibility index (Phi) is 6.21. The van der Waals surface area contributed by atoms with Crippen molar-refractivity contribution in [1.29, 1.82) is 0 Å². The number of anilines is 1. The van der Waals surface area contributed by atoms with E-state index in [1.807, 2.05) is 28.0 Å². The van der Waals surface area contributed by atoms with Gasteiger partial charge in [0.2, 0.25) is 5.91 Å². The van der Waals surface area contributed by atoms with Gasteiger partial charge in [-0.3, -0.25) is 4.79 Å². The van der Waals surface area contributed by atoms with Gasteiger partial charge in [0.1, 0.15) is 6.61 Å². The third-order valence-electron chi connectivity index (χ3n) is 8.50. The summed E-state index contributed by atoms with van der Waals surface area (Å²) in [6.45, 7) is 7.08. The molecule has 0 radical (unpaired) electrons. The van der Waals surface area contributed by atoms with Crippen LogP contribution in [-0.4, -0.2) is 66.2 Å². The zero-order valence-corrected chi connectivity index (χ0v) is 20.0. The second-order valence-corrected chi connectivity index (χ2v) is 10.3. The lowest BCUT2D eigenvalue weighted by molar-refractivity contribution is -0.116. The lowest BCUT2D eigenvalue weighted by Crippen LogP contribution is -2.55. The number of hydrogen-bond donors (Lipinski definition) is 0. The first-order chi connectivity index (χ1) is 16.0. The van der Waals surface area contributed by atoms with Crippen LogP contribution in [0.3, 0.4) is 0 Å². The van der Waals surface area contributed by atoms with Gasteiger partial charge in [-0.15, -0.1) is 0 Å². The third-order valence-corrected chi connectivity index (χ3v) is 8.50. The molecule has 0 N–H and O–H groups in total. The number of benzene rings is 1. The first-order valence-electron chi connectivity index (χ1n) is 12.7. The van der Waals surface area contributed by atoms with E-state index < -0.39 is 0 Å². The van der Waals surface area contributed by atoms with Crippen molar-refractivity contribution < 1.29 is 14.3 Å². The van der Waals surface area contributed by atoms with Crippen LogP contribution in [0.5, 0.6) is 0 Å². The van der Waals surface area contributed by atoms with Gasteiger partial charge in [0, 0.05) is 42.7 Å². The maximum absolute atomic E-state index is 12.7. The summed E-state index contributed by atoms with van der Waals surface area (Å²) in [5, 5.41) is 0. The number of para-hydroxylation sites is 1. The van der Waals surface area contributed by atoms with E-state index in [1.54, 1.807) is 6.92 Å². The van der Waals surface area contributed by atoms with Crippen LogP contribution in [0.2, 0.25) is 0 Å². The average molecular weight is 452 g/mol. The molecule has 4 aliphatic rings. The van der Waals surface area contributed by atoms with Crippen LogP contribution in [0.15, 0.2) is 36.4 Å². The summed E-state index contributed by atoms with van der Waals surface area (Å²) < 4.78 is 5.53. The van der Waals surface area contributed by atoms with Crippen molar-refractivity contribution >= 4 is 17.7 Å². The molecule has 4 heterocycles. The van der Waals surface area contributed by atoms with Gasteiger partial charge in [-0.05, 0) is 69.7 Å². The number of nitrogens with zero attached hydrogens (tertiary/aromatic N) is 3. The second-order valence-electron chi connectivity index (χ2n) is 10.3. The van der Waals surface area contributed by atoms with Crippen LogP contribution in [-0.2, 0) is 14.9 Å². The van der Waals surface area contributed by atoms with Crippen LogP contribution >= 0.6 is 0 Å². The maximum Gasteiger partial charge on any atom is 0.410 e. The molecule has 1 aromatic rings. The SMILES string of the molecule is CCC=CCOC(=O)N1C2CCC1CC(N1CCC3(CC1)CN(C(C)=O)c1ccccc13)C2. The van der Waals surface area contributed by atoms with E-state index in [0.717, 1.165) is 70.3 Å². The monoisotopic (exact) mass is 451 g/mol. The molecule has 1 spiro atoms. The van der Waals surface area contributed by atoms with Gasteiger partial charge in [0.15, 0.2) is 0 Å². The Morgan fingerprint density at radius 2 is 1.76 bits per heavy atom. The molecule has 6 heteroatoms. The number of carbonyl (C=O) groups is 2. The Hall–Kier alpha value is -2.34. The van der Waals surface area contributed by atoms with Crippen LogP contribution in [0.4, 0.5) is 10.5 Å². The standard InChI is InChI=1S/C27H37N3O3/c1-3-4-7-16-33-26(32)30-21-10-11-22(30)18-23(17-21)28-14-12-27(13-15-28)19-29(20(2)31)25-9-6-5-8-24(25)27/h4-9,21-23H,3,10-19H2,1-2H3. The number of amides is 2. The Morgan fingerprint density at radius 1 is 1.06 bits per heavy atom. The molecule has 33 heavy (non-hydrogen) atoms. The normalized spacial score (nSPS) is 28.5. The van der Waals surface area contributed by atoms with E-state index in [-0.39, 0.29) is 17.4 Å². The molecule has 2 unspecified atom stereocenters. The molecule has 5 rings (SSSR count). The largest absolute Gasteiger partial charge is 0.445 e. The van der Waals surface area contributed by atoms with E-state index in [1.165, 1.54) is 5.56 Å². The molecule has 3 saturated heterocycles. The summed E-state index contributed by atoms with van der Waals surface area (Å²) >= 11 is 0. The summed E-state index contributed by atoms with van der Waals surface area (Å²) in [5.74, 6) is 0.141. The third kappa shape index (κ3) is 4.07. The van der Waals surface area contributed by atoms with Gasteiger partial charge in [-0.1, -0.05) is 37.3 Å². The molecular formula is C27H37N3O3. The molecule has 0 saturated carbocycles. The van der Waals surface area contributed by atoms with E-state index in [9.17, 15) is 9.59 Å². The maximum atomic E-state index is 12.7. The van der Waals surface area contributed by atoms with Crippen molar-refractivity contribution in [3.05, 3.63) is 42.0 Å². The van der Waals surface area contributed by atoms with Gasteiger partial charge < -0.3 is 19.4 Å². The summed E-state index contributed by atoms with van der Waals surface area (Å²) in [4.78, 5) is 31.7. The highest BCUT2D eigenvalue weighted by Gasteiger charge is 2.49. The van der Waals surface area contributed by atoms with E-state index in [2.05, 4.69) is 30.0 Å². The minimum atomic E-state index is -0.133. The number of carbonyl (C=O) groups excluding carboxylic acids is 2. The highest BCUT2D eigenvalue weighted by atomic mass is 16.6. The zero-order valence-electron chi connectivity index (χ0n) is 20.0. The fourth-order valence-corrected chi connectivity index (χ4v) is 6.83. The Morgan fingerprint density at radius 3 is 2.42 bits per heavy atom. The molecule has 4 aliphatic heterocycles. The van der Waals surface area contributed by atoms with Crippen molar-refractivity contribution in [2.24, 2.45) is 0 Å². The average Bonchev–Trinajstić information content (AvgIpc) is 3.28. The number of hydrogen-bond acceptors (Lipinski definition) is 4. The van der Waals surface area contributed by atoms with E-state index >= 15 is 0 Å². The smallest absolute Gasteiger partial charge is 0.410 e. The number of rotatable bonds is 4. The lowest BCUT2D eigenvalue weighted by Gasteiger charge is -2.47. The summed E-state index contributed by atoms with van der Waals surface area (Å²) in [5.41, 5.74) is 2.56. The fourth-order valence-electron chi connectivity index (χ4n) is 6.83. The second kappa shape index (κ2) is 9.13. The summed E-state index contributed by atoms with van der Waals surface area (Å²) in [7, 11) is 0. The predicted molar refractivity (Wildman–Crippen MR) is 129 cm³/mol. The number of piperidine rings is 2. The molecule has 0 aliphatic carbocycles. The fraction of sp³-hybridized carbons (Fsp3) is 0.630. The molecule has 1 aromatic carbocycles. The van der Waals surface area contributed by atoms with Crippen LogP contribution in [0.25, 0.3) is 0 Å². The predicted octanol–water partition coefficient (Wildman–Crippen LogP) is 4.48. The van der Waals surface area contributed by atoms with Gasteiger partial charge >= 0.3 is 6.09 Å². The van der Waals surface area contributed by atoms with Crippen LogP contribution < -0.4 is 4.90 Å². The van der Waals surface area contributed by atoms with Gasteiger partial charge in [0.05, 0.1) is 0 Å². The zero-order chi connectivity index (χ0) is 23.0. The molecule has 178 valence electrons. The molecular weight excluding hydrogens is 414 g/mol. The number of likely N-dealkylation sites (tertiary alicyclic amines) is 1. The summed E-state index contributed by atoms with van der Waals surface area (Å²) in [6, 6.07) is 9.65. The van der Waals surface area contributed by atoms with Crippen LogP contribution in [0.1, 0.15) is 64.4 Å². The topological polar surface area (TPSA) is 53.1 Å². The number of fused-ring (bicyclic) bond motifs is 4. The molecule has 2 bridgehead atoms. The minimum Gasteiger partial charge on any atom is -0.445 e. The van der Waals surface area contributed by atoms with E-state index in [0.29, 0.717) is 24.7 Å². The molecule has 2 atom stereocenters. The first-order valence-corrected chi connectivity index (χ1v) is 12.7. The van der Waals surface area contributed by atoms with Crippen molar-refractivity contribution in [1.82, 2.24) is 9.80 Å². The summed E-state index contributed by atoms with van der Waals surface area (Å²) in [6.07, 6.45) is 11.3. The molecule has 0 aromatic heterocycles. The van der Waals surface area contributed by atoms with Crippen molar-refractivity contribution in [2.75, 3.05) is 31.1 Å². The van der Waals surface area contributed by atoms with Gasteiger partial charge in [-0.2, -0.15) is 0 Å². The highest BCUT2D eigenvalue weighted by molar-refractivity contribution is 5.94. The van der Waals surface area contributed by atoms with E-state index in [4.69, 9.17) is 4.74 Å². The van der Waals surface area contributed by atoms with Crippen LogP contribution in [0, 0.1) is 0 Å². The molecule has 2 amide bonds. The van der Waals surface area contributed by atoms with Crippen molar-refractivity contribution in [3.8, 4) is 0 Å². The number of ether oxygens (including phenoxy) is 1. The van der Waals surface area contributed by atoms with Gasteiger partial charge in [-0.25, -0.2) is 4.79 Å². The van der Waals surface area contributed by atoms with Crippen molar-refractivity contribution in [2.45, 2.75) is 82.3 Å². The Balaban J connectivity index is 1.21. The molecule has 3 fully saturated rings. The molecule has 6 nitrogen and oxygen atoms in total. The first kappa shape index (κ1) is 22.5. The Bertz CT molecular complexity index is 907. The number of allylic oxidation sites excluding steroid dienone is 1. The van der Waals surface area contributed by atoms with Gasteiger partial charge in [0.25, 0.3) is 0 Å².